The first-order valence-electron chi connectivity index (χ1n) is 6.03. The molecule has 0 radical (unpaired) electrons. The number of anilines is 1. The van der Waals surface area contributed by atoms with E-state index in [0.717, 1.165) is 11.1 Å². The molecule has 1 aromatic carbocycles. The van der Waals surface area contributed by atoms with E-state index in [0.29, 0.717) is 11.4 Å². The number of pyridine rings is 1. The summed E-state index contributed by atoms with van der Waals surface area (Å²) in [5.41, 5.74) is 2.14. The average molecular weight is 267 g/mol. The summed E-state index contributed by atoms with van der Waals surface area (Å²) in [6, 6.07) is 13.0. The smallest absolute Gasteiger partial charge is 0.413 e. The van der Waals surface area contributed by atoms with Crippen LogP contribution in [0.4, 0.5) is 10.6 Å². The van der Waals surface area contributed by atoms with Crippen LogP contribution in [0.5, 0.6) is 0 Å². The highest BCUT2D eigenvalue weighted by atomic mass is 16.5. The van der Waals surface area contributed by atoms with Crippen molar-refractivity contribution in [3.8, 4) is 6.07 Å². The van der Waals surface area contributed by atoms with Crippen molar-refractivity contribution < 1.29 is 9.53 Å². The maximum absolute atomic E-state index is 11.6. The Morgan fingerprint density at radius 2 is 2.15 bits per heavy atom. The van der Waals surface area contributed by atoms with Crippen molar-refractivity contribution in [2.45, 2.75) is 13.5 Å². The van der Waals surface area contributed by atoms with E-state index in [-0.39, 0.29) is 6.61 Å². The predicted octanol–water partition coefficient (Wildman–Crippen LogP) is 3.01. The van der Waals surface area contributed by atoms with Crippen molar-refractivity contribution in [3.63, 3.8) is 0 Å². The van der Waals surface area contributed by atoms with Gasteiger partial charge in [0.25, 0.3) is 0 Å². The van der Waals surface area contributed by atoms with Crippen molar-refractivity contribution in [3.05, 3.63) is 59.3 Å². The normalized spacial score (nSPS) is 9.60. The van der Waals surface area contributed by atoms with Gasteiger partial charge in [0.15, 0.2) is 0 Å². The number of amides is 1. The number of hydrogen-bond donors (Lipinski definition) is 1. The Labute approximate surface area is 116 Å². The topological polar surface area (TPSA) is 75.0 Å². The number of rotatable bonds is 3. The third-order valence-electron chi connectivity index (χ3n) is 2.67. The highest BCUT2D eigenvalue weighted by molar-refractivity contribution is 5.83. The number of nitriles is 1. The van der Waals surface area contributed by atoms with Crippen LogP contribution >= 0.6 is 0 Å². The largest absolute Gasteiger partial charge is 0.444 e. The number of aryl methyl sites for hydroxylation is 1. The van der Waals surface area contributed by atoms with Gasteiger partial charge in [0.2, 0.25) is 0 Å². The van der Waals surface area contributed by atoms with Gasteiger partial charge < -0.3 is 4.74 Å². The first-order chi connectivity index (χ1) is 9.69. The van der Waals surface area contributed by atoms with Gasteiger partial charge in [0, 0.05) is 6.20 Å². The Morgan fingerprint density at radius 1 is 1.40 bits per heavy atom. The number of benzene rings is 1. The number of nitrogens with one attached hydrogen (secondary N) is 1. The maximum atomic E-state index is 11.6. The minimum atomic E-state index is -0.578. The highest BCUT2D eigenvalue weighted by Crippen LogP contribution is 2.11. The molecule has 5 heteroatoms. The average Bonchev–Trinajstić information content (AvgIpc) is 2.46. The van der Waals surface area contributed by atoms with Gasteiger partial charge in [-0.1, -0.05) is 30.3 Å². The Bertz CT molecular complexity index is 648. The van der Waals surface area contributed by atoms with Crippen LogP contribution < -0.4 is 5.32 Å². The lowest BCUT2D eigenvalue weighted by Crippen LogP contribution is -2.14. The van der Waals surface area contributed by atoms with Crippen molar-refractivity contribution in [2.75, 3.05) is 5.32 Å². The maximum Gasteiger partial charge on any atom is 0.413 e. The molecule has 0 aliphatic rings. The van der Waals surface area contributed by atoms with E-state index in [9.17, 15) is 4.79 Å². The Kier molecular flexibility index (Phi) is 4.30. The van der Waals surface area contributed by atoms with Crippen molar-refractivity contribution in [1.82, 2.24) is 4.98 Å². The molecule has 2 aromatic rings. The molecule has 1 aromatic heterocycles. The summed E-state index contributed by atoms with van der Waals surface area (Å²) in [6.45, 7) is 1.97. The molecule has 20 heavy (non-hydrogen) atoms. The molecule has 0 unspecified atom stereocenters. The number of aromatic nitrogens is 1. The summed E-state index contributed by atoms with van der Waals surface area (Å²) in [5.74, 6) is 0.361. The predicted molar refractivity (Wildman–Crippen MR) is 73.9 cm³/mol. The lowest BCUT2D eigenvalue weighted by molar-refractivity contribution is 0.155. The minimum absolute atomic E-state index is 0.196. The molecule has 0 atom stereocenters. The lowest BCUT2D eigenvalue weighted by atomic mass is 10.2. The third-order valence-corrected chi connectivity index (χ3v) is 2.67. The Hall–Kier alpha value is -2.87. The van der Waals surface area contributed by atoms with Crippen LogP contribution in [0.3, 0.4) is 0 Å². The first kappa shape index (κ1) is 13.6. The van der Waals surface area contributed by atoms with E-state index in [1.165, 1.54) is 6.20 Å². The summed E-state index contributed by atoms with van der Waals surface area (Å²) in [5, 5.41) is 11.3. The number of carbonyl (C=O) groups is 1. The van der Waals surface area contributed by atoms with Crippen LogP contribution in [0, 0.1) is 18.3 Å². The standard InChI is InChI=1S/C15H13N3O2/c1-11-7-14(17-9-13(11)8-16)18-15(19)20-10-12-5-3-2-4-6-12/h2-7,9H,10H2,1H3,(H,17,18,19). The quantitative estimate of drug-likeness (QED) is 0.927. The Morgan fingerprint density at radius 3 is 2.80 bits per heavy atom. The number of nitrogens with zero attached hydrogens (tertiary/aromatic N) is 2. The van der Waals surface area contributed by atoms with Gasteiger partial charge in [0.05, 0.1) is 5.56 Å². The van der Waals surface area contributed by atoms with Gasteiger partial charge >= 0.3 is 6.09 Å². The molecule has 2 rings (SSSR count). The molecule has 0 fully saturated rings. The fourth-order valence-corrected chi connectivity index (χ4v) is 1.61. The number of hydrogen-bond acceptors (Lipinski definition) is 4. The van der Waals surface area contributed by atoms with Gasteiger partial charge in [-0.05, 0) is 24.1 Å². The summed E-state index contributed by atoms with van der Waals surface area (Å²) in [6.07, 6.45) is 0.841. The van der Waals surface area contributed by atoms with Crippen LogP contribution in [0.15, 0.2) is 42.6 Å². The summed E-state index contributed by atoms with van der Waals surface area (Å²) in [7, 11) is 0. The van der Waals surface area contributed by atoms with E-state index in [2.05, 4.69) is 10.3 Å². The second kappa shape index (κ2) is 6.34. The first-order valence-corrected chi connectivity index (χ1v) is 6.03. The van der Waals surface area contributed by atoms with E-state index in [1.54, 1.807) is 13.0 Å². The lowest BCUT2D eigenvalue weighted by Gasteiger charge is -2.07. The second-order valence-corrected chi connectivity index (χ2v) is 4.18. The van der Waals surface area contributed by atoms with Crippen LogP contribution in [-0.4, -0.2) is 11.1 Å². The van der Waals surface area contributed by atoms with E-state index in [1.807, 2.05) is 36.4 Å². The van der Waals surface area contributed by atoms with Gasteiger partial charge in [0.1, 0.15) is 18.5 Å². The molecular weight excluding hydrogens is 254 g/mol. The fraction of sp³-hybridized carbons (Fsp3) is 0.133. The van der Waals surface area contributed by atoms with E-state index in [4.69, 9.17) is 10.00 Å². The molecule has 0 bridgehead atoms. The van der Waals surface area contributed by atoms with Crippen LogP contribution in [-0.2, 0) is 11.3 Å². The number of carbonyl (C=O) groups excluding carboxylic acids is 1. The second-order valence-electron chi connectivity index (χ2n) is 4.18. The molecule has 0 aliphatic carbocycles. The third kappa shape index (κ3) is 3.56. The molecular formula is C15H13N3O2. The van der Waals surface area contributed by atoms with Gasteiger partial charge in [-0.3, -0.25) is 5.32 Å². The zero-order valence-corrected chi connectivity index (χ0v) is 11.0. The fourth-order valence-electron chi connectivity index (χ4n) is 1.61. The number of ether oxygens (including phenoxy) is 1. The molecule has 0 saturated carbocycles. The Balaban J connectivity index is 1.92. The monoisotopic (exact) mass is 267 g/mol. The molecule has 0 saturated heterocycles. The van der Waals surface area contributed by atoms with Crippen molar-refractivity contribution in [2.24, 2.45) is 0 Å². The SMILES string of the molecule is Cc1cc(NC(=O)OCc2ccccc2)ncc1C#N. The van der Waals surface area contributed by atoms with Crippen molar-refractivity contribution in [1.29, 1.82) is 5.26 Å². The molecule has 0 spiro atoms. The van der Waals surface area contributed by atoms with E-state index < -0.39 is 6.09 Å². The molecule has 0 aliphatic heterocycles. The summed E-state index contributed by atoms with van der Waals surface area (Å²) in [4.78, 5) is 15.6. The van der Waals surface area contributed by atoms with Gasteiger partial charge in [-0.15, -0.1) is 0 Å². The molecule has 5 nitrogen and oxygen atoms in total. The van der Waals surface area contributed by atoms with Crippen LogP contribution in [0.2, 0.25) is 0 Å². The molecule has 1 N–H and O–H groups in total. The summed E-state index contributed by atoms with van der Waals surface area (Å²) >= 11 is 0. The minimum Gasteiger partial charge on any atom is -0.444 e. The van der Waals surface area contributed by atoms with Gasteiger partial charge in [-0.25, -0.2) is 9.78 Å². The summed E-state index contributed by atoms with van der Waals surface area (Å²) < 4.78 is 5.07. The zero-order valence-electron chi connectivity index (χ0n) is 11.0. The van der Waals surface area contributed by atoms with Crippen molar-refractivity contribution >= 4 is 11.9 Å². The van der Waals surface area contributed by atoms with Gasteiger partial charge in [-0.2, -0.15) is 5.26 Å². The molecule has 100 valence electrons. The van der Waals surface area contributed by atoms with Crippen LogP contribution in [0.25, 0.3) is 0 Å². The molecule has 1 amide bonds. The molecule has 1 heterocycles. The van der Waals surface area contributed by atoms with Crippen LogP contribution in [0.1, 0.15) is 16.7 Å². The zero-order chi connectivity index (χ0) is 14.4. The highest BCUT2D eigenvalue weighted by Gasteiger charge is 2.06. The van der Waals surface area contributed by atoms with E-state index >= 15 is 0 Å².